The fourth-order valence-electron chi connectivity index (χ4n) is 3.86. The maximum absolute atomic E-state index is 11.8. The molecule has 3 heteroatoms. The van der Waals surface area contributed by atoms with Crippen LogP contribution in [0.2, 0.25) is 0 Å². The van der Waals surface area contributed by atoms with Crippen LogP contribution >= 0.6 is 0 Å². The first-order valence-electron chi connectivity index (χ1n) is 11.3. The van der Waals surface area contributed by atoms with Crippen molar-refractivity contribution in [3.8, 4) is 11.8 Å². The second kappa shape index (κ2) is 11.2. The van der Waals surface area contributed by atoms with Gasteiger partial charge in [-0.3, -0.25) is 0 Å². The molecule has 2 aromatic rings. The number of hydrogen-bond acceptors (Lipinski definition) is 3. The average molecular weight is 421 g/mol. The number of ether oxygens (including phenoxy) is 1. The SMILES string of the molecule is CCC(CCc1ccc(C(=O)OC)c(C)c1)c1ccc(C#CC(O)(CC)CC)c(C)c1. The van der Waals surface area contributed by atoms with Gasteiger partial charge in [0.15, 0.2) is 0 Å². The summed E-state index contributed by atoms with van der Waals surface area (Å²) < 4.78 is 4.84. The van der Waals surface area contributed by atoms with Gasteiger partial charge in [-0.15, -0.1) is 0 Å². The number of carbonyl (C=O) groups excluding carboxylic acids is 1. The lowest BCUT2D eigenvalue weighted by atomic mass is 9.88. The van der Waals surface area contributed by atoms with E-state index in [1.807, 2.05) is 32.9 Å². The molecule has 1 unspecified atom stereocenters. The van der Waals surface area contributed by atoms with Crippen LogP contribution in [0.1, 0.15) is 90.5 Å². The predicted molar refractivity (Wildman–Crippen MR) is 127 cm³/mol. The summed E-state index contributed by atoms with van der Waals surface area (Å²) in [6.45, 7) is 10.2. The minimum atomic E-state index is -0.904. The van der Waals surface area contributed by atoms with Crippen LogP contribution in [-0.2, 0) is 11.2 Å². The Morgan fingerprint density at radius 2 is 1.77 bits per heavy atom. The van der Waals surface area contributed by atoms with Crippen molar-refractivity contribution >= 4 is 5.97 Å². The maximum atomic E-state index is 11.8. The Morgan fingerprint density at radius 1 is 1.06 bits per heavy atom. The van der Waals surface area contributed by atoms with Crippen molar-refractivity contribution in [2.24, 2.45) is 0 Å². The molecule has 0 aliphatic carbocycles. The van der Waals surface area contributed by atoms with Gasteiger partial charge in [-0.1, -0.05) is 56.9 Å². The zero-order chi connectivity index (χ0) is 23.0. The van der Waals surface area contributed by atoms with Crippen LogP contribution in [0.15, 0.2) is 36.4 Å². The van der Waals surface area contributed by atoms with E-state index in [2.05, 4.69) is 50.0 Å². The number of benzene rings is 2. The molecular formula is C28H36O3. The summed E-state index contributed by atoms with van der Waals surface area (Å²) in [7, 11) is 1.41. The monoisotopic (exact) mass is 420 g/mol. The fourth-order valence-corrected chi connectivity index (χ4v) is 3.86. The highest BCUT2D eigenvalue weighted by Crippen LogP contribution is 2.27. The Labute approximate surface area is 187 Å². The number of hydrogen-bond donors (Lipinski definition) is 1. The van der Waals surface area contributed by atoms with Gasteiger partial charge in [-0.2, -0.15) is 0 Å². The minimum Gasteiger partial charge on any atom is -0.465 e. The van der Waals surface area contributed by atoms with Gasteiger partial charge in [0.25, 0.3) is 0 Å². The van der Waals surface area contributed by atoms with E-state index in [0.29, 0.717) is 24.3 Å². The lowest BCUT2D eigenvalue weighted by molar-refractivity contribution is 0.0600. The zero-order valence-corrected chi connectivity index (χ0v) is 19.8. The summed E-state index contributed by atoms with van der Waals surface area (Å²) in [4.78, 5) is 11.8. The van der Waals surface area contributed by atoms with Crippen molar-refractivity contribution < 1.29 is 14.6 Å². The Bertz CT molecular complexity index is 958. The van der Waals surface area contributed by atoms with Gasteiger partial charge in [0.2, 0.25) is 0 Å². The molecule has 166 valence electrons. The summed E-state index contributed by atoms with van der Waals surface area (Å²) in [5, 5.41) is 10.4. The lowest BCUT2D eigenvalue weighted by Crippen LogP contribution is -2.23. The number of rotatable bonds is 8. The molecule has 1 N–H and O–H groups in total. The first-order valence-corrected chi connectivity index (χ1v) is 11.3. The Morgan fingerprint density at radius 3 is 2.32 bits per heavy atom. The van der Waals surface area contributed by atoms with Crippen molar-refractivity contribution in [3.05, 3.63) is 69.8 Å². The third kappa shape index (κ3) is 6.45. The van der Waals surface area contributed by atoms with Crippen LogP contribution in [0, 0.1) is 25.7 Å². The van der Waals surface area contributed by atoms with Crippen molar-refractivity contribution in [1.82, 2.24) is 0 Å². The van der Waals surface area contributed by atoms with Crippen molar-refractivity contribution in [1.29, 1.82) is 0 Å². The zero-order valence-electron chi connectivity index (χ0n) is 19.8. The second-order valence-electron chi connectivity index (χ2n) is 8.35. The van der Waals surface area contributed by atoms with E-state index in [9.17, 15) is 9.90 Å². The number of aliphatic hydroxyl groups is 1. The Kier molecular flexibility index (Phi) is 8.89. The summed E-state index contributed by atoms with van der Waals surface area (Å²) in [5.74, 6) is 6.42. The number of aryl methyl sites for hydroxylation is 3. The molecule has 0 saturated heterocycles. The molecule has 2 aromatic carbocycles. The Balaban J connectivity index is 2.13. The maximum Gasteiger partial charge on any atom is 0.338 e. The third-order valence-corrected chi connectivity index (χ3v) is 6.29. The number of methoxy groups -OCH3 is 1. The molecule has 0 aliphatic heterocycles. The van der Waals surface area contributed by atoms with Crippen LogP contribution in [0.25, 0.3) is 0 Å². The van der Waals surface area contributed by atoms with Gasteiger partial charge in [0, 0.05) is 5.56 Å². The minimum absolute atomic E-state index is 0.287. The summed E-state index contributed by atoms with van der Waals surface area (Å²) in [5.41, 5.74) is 5.37. The van der Waals surface area contributed by atoms with Crippen LogP contribution in [0.4, 0.5) is 0 Å². The van der Waals surface area contributed by atoms with Gasteiger partial charge in [0.1, 0.15) is 5.60 Å². The van der Waals surface area contributed by atoms with E-state index in [1.165, 1.54) is 18.2 Å². The second-order valence-corrected chi connectivity index (χ2v) is 8.35. The van der Waals surface area contributed by atoms with Crippen molar-refractivity contribution in [2.75, 3.05) is 7.11 Å². The van der Waals surface area contributed by atoms with E-state index in [-0.39, 0.29) is 5.97 Å². The molecule has 0 heterocycles. The van der Waals surface area contributed by atoms with Gasteiger partial charge < -0.3 is 9.84 Å². The topological polar surface area (TPSA) is 46.5 Å². The molecule has 0 amide bonds. The first kappa shape index (κ1) is 24.7. The molecule has 0 radical (unpaired) electrons. The van der Waals surface area contributed by atoms with Gasteiger partial charge in [-0.25, -0.2) is 4.79 Å². The van der Waals surface area contributed by atoms with Gasteiger partial charge in [-0.05, 0) is 86.3 Å². The van der Waals surface area contributed by atoms with Gasteiger partial charge in [0.05, 0.1) is 12.7 Å². The van der Waals surface area contributed by atoms with Crippen molar-refractivity contribution in [2.45, 2.75) is 78.2 Å². The molecular weight excluding hydrogens is 384 g/mol. The predicted octanol–water partition coefficient (Wildman–Crippen LogP) is 6.12. The number of carbonyl (C=O) groups is 1. The quantitative estimate of drug-likeness (QED) is 0.413. The summed E-state index contributed by atoms with van der Waals surface area (Å²) >= 11 is 0. The fraction of sp³-hybridized carbons (Fsp3) is 0.464. The molecule has 0 bridgehead atoms. The average Bonchev–Trinajstić information content (AvgIpc) is 2.78. The van der Waals surface area contributed by atoms with Crippen molar-refractivity contribution in [3.63, 3.8) is 0 Å². The molecule has 0 saturated carbocycles. The highest BCUT2D eigenvalue weighted by molar-refractivity contribution is 5.90. The molecule has 0 spiro atoms. The lowest BCUT2D eigenvalue weighted by Gasteiger charge is -2.18. The molecule has 2 rings (SSSR count). The summed E-state index contributed by atoms with van der Waals surface area (Å²) in [6.07, 6.45) is 4.33. The highest BCUT2D eigenvalue weighted by Gasteiger charge is 2.18. The molecule has 0 fully saturated rings. The standard InChI is InChI=1S/C28H36O3/c1-7-23(12-10-22-11-15-26(21(5)18-22)27(29)31-6)25-14-13-24(20(4)19-25)16-17-28(30,8-2)9-3/h11,13-15,18-19,23,30H,7-10,12H2,1-6H3. The van der Waals surface area contributed by atoms with E-state index < -0.39 is 5.60 Å². The van der Waals surface area contributed by atoms with Crippen LogP contribution in [0.5, 0.6) is 0 Å². The molecule has 1 atom stereocenters. The third-order valence-electron chi connectivity index (χ3n) is 6.29. The smallest absolute Gasteiger partial charge is 0.338 e. The van der Waals surface area contributed by atoms with Crippen LogP contribution in [-0.4, -0.2) is 23.8 Å². The molecule has 3 nitrogen and oxygen atoms in total. The van der Waals surface area contributed by atoms with Crippen LogP contribution < -0.4 is 0 Å². The van der Waals surface area contributed by atoms with Gasteiger partial charge >= 0.3 is 5.97 Å². The molecule has 31 heavy (non-hydrogen) atoms. The normalized spacial score (nSPS) is 12.1. The highest BCUT2D eigenvalue weighted by atomic mass is 16.5. The largest absolute Gasteiger partial charge is 0.465 e. The van der Waals surface area contributed by atoms with Crippen LogP contribution in [0.3, 0.4) is 0 Å². The summed E-state index contributed by atoms with van der Waals surface area (Å²) in [6, 6.07) is 12.5. The molecule has 0 aliphatic rings. The molecule has 0 aromatic heterocycles. The Hall–Kier alpha value is -2.57. The van der Waals surface area contributed by atoms with E-state index >= 15 is 0 Å². The van der Waals surface area contributed by atoms with E-state index in [0.717, 1.165) is 36.0 Å². The van der Waals surface area contributed by atoms with E-state index in [4.69, 9.17) is 4.74 Å². The number of esters is 1. The first-order chi connectivity index (χ1) is 14.8. The van der Waals surface area contributed by atoms with E-state index in [1.54, 1.807) is 0 Å².